The van der Waals surface area contributed by atoms with Gasteiger partial charge in [0.2, 0.25) is 0 Å². The lowest BCUT2D eigenvalue weighted by atomic mass is 9.85. The van der Waals surface area contributed by atoms with Crippen LogP contribution in [-0.4, -0.2) is 17.9 Å². The van der Waals surface area contributed by atoms with Crippen molar-refractivity contribution in [3.63, 3.8) is 0 Å². The molecule has 2 atom stereocenters. The van der Waals surface area contributed by atoms with Crippen LogP contribution >= 0.6 is 0 Å². The molecule has 3 heteroatoms. The van der Waals surface area contributed by atoms with Gasteiger partial charge in [0.25, 0.3) is 0 Å². The first-order valence-corrected chi connectivity index (χ1v) is 6.70. The number of aryl methyl sites for hydroxylation is 1. The number of carbonyl (C=O) groups is 1. The maximum atomic E-state index is 13.2. The van der Waals surface area contributed by atoms with Crippen LogP contribution in [0.1, 0.15) is 41.6 Å². The van der Waals surface area contributed by atoms with E-state index in [2.05, 4.69) is 5.32 Å². The Balaban J connectivity index is 1.79. The number of hydrogen-bond acceptors (Lipinski definition) is 2. The fraction of sp³-hybridized carbons (Fsp3) is 0.533. The Labute approximate surface area is 107 Å². The highest BCUT2D eigenvalue weighted by atomic mass is 19.1. The van der Waals surface area contributed by atoms with E-state index in [1.54, 1.807) is 19.1 Å². The second kappa shape index (κ2) is 4.47. The molecule has 3 rings (SSSR count). The molecule has 2 aliphatic rings. The van der Waals surface area contributed by atoms with Gasteiger partial charge in [-0.2, -0.15) is 0 Å². The lowest BCUT2D eigenvalue weighted by Gasteiger charge is -2.28. The van der Waals surface area contributed by atoms with E-state index in [4.69, 9.17) is 0 Å². The van der Waals surface area contributed by atoms with Crippen LogP contribution in [-0.2, 0) is 0 Å². The van der Waals surface area contributed by atoms with Gasteiger partial charge < -0.3 is 5.32 Å². The summed E-state index contributed by atoms with van der Waals surface area (Å²) in [4.78, 5) is 12.4. The number of fused-ring (bicyclic) bond motifs is 2. The fourth-order valence-electron chi connectivity index (χ4n) is 3.31. The molecule has 1 N–H and O–H groups in total. The summed E-state index contributed by atoms with van der Waals surface area (Å²) in [6, 6.07) is 5.73. The van der Waals surface area contributed by atoms with Gasteiger partial charge in [0.15, 0.2) is 5.78 Å². The van der Waals surface area contributed by atoms with Crippen molar-refractivity contribution in [1.29, 1.82) is 0 Å². The number of Topliss-reactive ketones (excluding diaryl/α,β-unsaturated/α-hetero) is 1. The third-order valence-electron chi connectivity index (χ3n) is 4.29. The predicted molar refractivity (Wildman–Crippen MR) is 68.1 cm³/mol. The molecule has 2 nitrogen and oxygen atoms in total. The second-order valence-electron chi connectivity index (χ2n) is 5.63. The molecule has 2 bridgehead atoms. The van der Waals surface area contributed by atoms with Crippen LogP contribution in [0.2, 0.25) is 0 Å². The van der Waals surface area contributed by atoms with Crippen molar-refractivity contribution in [2.45, 2.75) is 44.7 Å². The molecule has 2 aliphatic heterocycles. The van der Waals surface area contributed by atoms with E-state index in [0.717, 1.165) is 12.8 Å². The van der Waals surface area contributed by atoms with Crippen molar-refractivity contribution in [1.82, 2.24) is 5.32 Å². The first-order chi connectivity index (χ1) is 8.63. The smallest absolute Gasteiger partial charge is 0.166 e. The Kier molecular flexibility index (Phi) is 2.94. The summed E-state index contributed by atoms with van der Waals surface area (Å²) in [7, 11) is 0. The normalized spacial score (nSPS) is 30.4. The average Bonchev–Trinajstić information content (AvgIpc) is 2.71. The number of ketones is 1. The van der Waals surface area contributed by atoms with Gasteiger partial charge in [-0.15, -0.1) is 0 Å². The topological polar surface area (TPSA) is 29.1 Å². The Bertz CT molecular complexity index is 473. The predicted octanol–water partition coefficient (Wildman–Crippen LogP) is 2.85. The average molecular weight is 247 g/mol. The van der Waals surface area contributed by atoms with Crippen molar-refractivity contribution < 1.29 is 9.18 Å². The fourth-order valence-corrected chi connectivity index (χ4v) is 3.31. The van der Waals surface area contributed by atoms with Crippen LogP contribution in [0.5, 0.6) is 0 Å². The Morgan fingerprint density at radius 2 is 1.94 bits per heavy atom. The van der Waals surface area contributed by atoms with E-state index in [1.165, 1.54) is 18.9 Å². The molecule has 1 aromatic rings. The second-order valence-corrected chi connectivity index (χ2v) is 5.63. The van der Waals surface area contributed by atoms with Gasteiger partial charge in [-0.3, -0.25) is 4.79 Å². The van der Waals surface area contributed by atoms with E-state index in [9.17, 15) is 9.18 Å². The number of hydrogen-bond donors (Lipinski definition) is 1. The van der Waals surface area contributed by atoms with Crippen molar-refractivity contribution in [3.05, 3.63) is 35.1 Å². The van der Waals surface area contributed by atoms with Crippen LogP contribution in [0.4, 0.5) is 4.39 Å². The van der Waals surface area contributed by atoms with Crippen LogP contribution in [0.25, 0.3) is 0 Å². The molecule has 2 heterocycles. The van der Waals surface area contributed by atoms with Crippen molar-refractivity contribution in [2.75, 3.05) is 0 Å². The van der Waals surface area contributed by atoms with Crippen LogP contribution in [0, 0.1) is 18.7 Å². The molecule has 96 valence electrons. The van der Waals surface area contributed by atoms with E-state index in [0.29, 0.717) is 23.2 Å². The van der Waals surface area contributed by atoms with Crippen molar-refractivity contribution in [3.8, 4) is 0 Å². The molecule has 0 amide bonds. The highest BCUT2D eigenvalue weighted by molar-refractivity contribution is 5.98. The SMILES string of the molecule is Cc1cc(C(=O)C2CC3CCC(C2)N3)ccc1F. The highest BCUT2D eigenvalue weighted by Gasteiger charge is 2.36. The molecule has 18 heavy (non-hydrogen) atoms. The molecule has 1 aromatic carbocycles. The van der Waals surface area contributed by atoms with Gasteiger partial charge in [-0.25, -0.2) is 4.39 Å². The largest absolute Gasteiger partial charge is 0.311 e. The van der Waals surface area contributed by atoms with Crippen LogP contribution in [0.15, 0.2) is 18.2 Å². The number of nitrogens with one attached hydrogen (secondary N) is 1. The molecule has 0 spiro atoms. The lowest BCUT2D eigenvalue weighted by Crippen LogP contribution is -2.40. The van der Waals surface area contributed by atoms with Gasteiger partial charge in [0, 0.05) is 23.6 Å². The zero-order valence-corrected chi connectivity index (χ0v) is 10.6. The van der Waals surface area contributed by atoms with E-state index in [1.807, 2.05) is 0 Å². The summed E-state index contributed by atoms with van der Waals surface area (Å²) in [5, 5.41) is 3.53. The number of halogens is 1. The summed E-state index contributed by atoms with van der Waals surface area (Å²) < 4.78 is 13.2. The van der Waals surface area contributed by atoms with Gasteiger partial charge in [-0.05, 0) is 56.4 Å². The zero-order chi connectivity index (χ0) is 12.7. The lowest BCUT2D eigenvalue weighted by molar-refractivity contribution is 0.0875. The number of rotatable bonds is 2. The van der Waals surface area contributed by atoms with Crippen LogP contribution < -0.4 is 5.32 Å². The molecule has 0 radical (unpaired) electrons. The summed E-state index contributed by atoms with van der Waals surface area (Å²) in [6.45, 7) is 1.71. The molecule has 0 aromatic heterocycles. The van der Waals surface area contributed by atoms with E-state index < -0.39 is 0 Å². The maximum Gasteiger partial charge on any atom is 0.166 e. The summed E-state index contributed by atoms with van der Waals surface area (Å²) in [5.41, 5.74) is 1.22. The Morgan fingerprint density at radius 1 is 1.28 bits per heavy atom. The van der Waals surface area contributed by atoms with Gasteiger partial charge in [0.05, 0.1) is 0 Å². The summed E-state index contributed by atoms with van der Waals surface area (Å²) in [6.07, 6.45) is 4.26. The molecular weight excluding hydrogens is 229 g/mol. The molecule has 2 fully saturated rings. The standard InChI is InChI=1S/C15H18FNO/c1-9-6-10(2-5-14(9)16)15(18)11-7-12-3-4-13(8-11)17-12/h2,5-6,11-13,17H,3-4,7-8H2,1H3. The first-order valence-electron chi connectivity index (χ1n) is 6.70. The van der Waals surface area contributed by atoms with Gasteiger partial charge in [-0.1, -0.05) is 0 Å². The Morgan fingerprint density at radius 3 is 2.56 bits per heavy atom. The summed E-state index contributed by atoms with van der Waals surface area (Å²) >= 11 is 0. The number of benzene rings is 1. The minimum atomic E-state index is -0.239. The quantitative estimate of drug-likeness (QED) is 0.814. The van der Waals surface area contributed by atoms with Crippen LogP contribution in [0.3, 0.4) is 0 Å². The molecule has 2 saturated heterocycles. The summed E-state index contributed by atoms with van der Waals surface area (Å²) in [5.74, 6) is 0.0713. The van der Waals surface area contributed by atoms with E-state index >= 15 is 0 Å². The van der Waals surface area contributed by atoms with Crippen molar-refractivity contribution in [2.24, 2.45) is 5.92 Å². The minimum Gasteiger partial charge on any atom is -0.311 e. The van der Waals surface area contributed by atoms with Gasteiger partial charge >= 0.3 is 0 Å². The highest BCUT2D eigenvalue weighted by Crippen LogP contribution is 2.33. The molecular formula is C15H18FNO. The molecule has 0 saturated carbocycles. The Hall–Kier alpha value is -1.22. The molecule has 0 aliphatic carbocycles. The third-order valence-corrected chi connectivity index (χ3v) is 4.29. The maximum absolute atomic E-state index is 13.2. The zero-order valence-electron chi connectivity index (χ0n) is 10.6. The first kappa shape index (κ1) is 11.8. The molecule has 2 unspecified atom stereocenters. The minimum absolute atomic E-state index is 0.119. The monoisotopic (exact) mass is 247 g/mol. The number of piperidine rings is 1. The van der Waals surface area contributed by atoms with Crippen molar-refractivity contribution >= 4 is 5.78 Å². The number of carbonyl (C=O) groups excluding carboxylic acids is 1. The van der Waals surface area contributed by atoms with E-state index in [-0.39, 0.29) is 17.5 Å². The third kappa shape index (κ3) is 2.07. The van der Waals surface area contributed by atoms with Gasteiger partial charge in [0.1, 0.15) is 5.82 Å².